The Morgan fingerprint density at radius 2 is 1.68 bits per heavy atom. The Morgan fingerprint density at radius 3 is 2.42 bits per heavy atom. The smallest absolute Gasteiger partial charge is 0.279 e. The molecule has 1 heterocycles. The number of hydrogen-bond acceptors (Lipinski definition) is 4. The van der Waals surface area contributed by atoms with Crippen LogP contribution in [0.5, 0.6) is 11.5 Å². The number of anilines is 1. The van der Waals surface area contributed by atoms with Crippen molar-refractivity contribution < 1.29 is 19.2 Å². The molecule has 2 aliphatic rings. The Kier molecular flexibility index (Phi) is 6.76. The SMILES string of the molecule is COc1ccc(CC[NH+](C)CC(=O)Nc2c3c(nc4c2CCC4)CCCC3)cc1OC. The molecule has 2 aliphatic carbocycles. The maximum Gasteiger partial charge on any atom is 0.279 e. The van der Waals surface area contributed by atoms with Gasteiger partial charge in [-0.05, 0) is 73.8 Å². The van der Waals surface area contributed by atoms with Crippen molar-refractivity contribution in [3.63, 3.8) is 0 Å². The first-order chi connectivity index (χ1) is 15.1. The lowest BCUT2D eigenvalue weighted by molar-refractivity contribution is -0.870. The van der Waals surface area contributed by atoms with Crippen molar-refractivity contribution in [2.75, 3.05) is 39.7 Å². The van der Waals surface area contributed by atoms with Crippen LogP contribution in [0.1, 0.15) is 47.3 Å². The number of quaternary nitrogens is 1. The van der Waals surface area contributed by atoms with E-state index >= 15 is 0 Å². The van der Waals surface area contributed by atoms with Gasteiger partial charge in [0.1, 0.15) is 0 Å². The third-order valence-corrected chi connectivity index (χ3v) is 6.52. The van der Waals surface area contributed by atoms with Crippen LogP contribution >= 0.6 is 0 Å². The number of nitrogens with zero attached hydrogens (tertiary/aromatic N) is 1. The molecule has 1 aromatic carbocycles. The van der Waals surface area contributed by atoms with Crippen LogP contribution in [0.15, 0.2) is 18.2 Å². The number of ether oxygens (including phenoxy) is 2. The summed E-state index contributed by atoms with van der Waals surface area (Å²) in [5.74, 6) is 1.57. The molecule has 4 rings (SSSR count). The summed E-state index contributed by atoms with van der Waals surface area (Å²) in [4.78, 5) is 19.0. The molecule has 0 saturated carbocycles. The zero-order valence-corrected chi connectivity index (χ0v) is 19.0. The zero-order chi connectivity index (χ0) is 21.8. The molecule has 0 saturated heterocycles. The number of amides is 1. The van der Waals surface area contributed by atoms with Crippen LogP contribution in [-0.2, 0) is 36.9 Å². The summed E-state index contributed by atoms with van der Waals surface area (Å²) in [6.07, 6.45) is 8.57. The average molecular weight is 425 g/mol. The van der Waals surface area contributed by atoms with Gasteiger partial charge in [-0.2, -0.15) is 0 Å². The quantitative estimate of drug-likeness (QED) is 0.682. The third kappa shape index (κ3) is 4.85. The van der Waals surface area contributed by atoms with Crippen molar-refractivity contribution in [1.82, 2.24) is 4.98 Å². The van der Waals surface area contributed by atoms with E-state index in [-0.39, 0.29) is 5.91 Å². The molecule has 0 fully saturated rings. The molecule has 0 bridgehead atoms. The highest BCUT2D eigenvalue weighted by Gasteiger charge is 2.26. The van der Waals surface area contributed by atoms with Crippen LogP contribution in [0.4, 0.5) is 5.69 Å². The summed E-state index contributed by atoms with van der Waals surface area (Å²) in [6.45, 7) is 1.33. The summed E-state index contributed by atoms with van der Waals surface area (Å²) in [7, 11) is 5.37. The topological polar surface area (TPSA) is 64.9 Å². The van der Waals surface area contributed by atoms with E-state index in [0.29, 0.717) is 6.54 Å². The van der Waals surface area contributed by atoms with E-state index < -0.39 is 0 Å². The lowest BCUT2D eigenvalue weighted by Gasteiger charge is -2.22. The largest absolute Gasteiger partial charge is 0.493 e. The molecule has 2 aromatic rings. The number of fused-ring (bicyclic) bond motifs is 2. The Labute approximate surface area is 185 Å². The van der Waals surface area contributed by atoms with Crippen LogP contribution < -0.4 is 19.7 Å². The third-order valence-electron chi connectivity index (χ3n) is 6.52. The minimum absolute atomic E-state index is 0.0953. The fourth-order valence-electron chi connectivity index (χ4n) is 4.84. The molecule has 1 atom stereocenters. The molecular formula is C25H34N3O3+. The normalized spacial score (nSPS) is 15.7. The van der Waals surface area contributed by atoms with Crippen molar-refractivity contribution in [2.45, 2.75) is 51.4 Å². The van der Waals surface area contributed by atoms with E-state index in [1.807, 2.05) is 12.1 Å². The summed E-state index contributed by atoms with van der Waals surface area (Å²) in [5, 5.41) is 3.30. The first-order valence-corrected chi connectivity index (χ1v) is 11.4. The van der Waals surface area contributed by atoms with Crippen LogP contribution in [0.3, 0.4) is 0 Å². The summed E-state index contributed by atoms with van der Waals surface area (Å²) in [5.41, 5.74) is 7.29. The first kappa shape index (κ1) is 21.6. The van der Waals surface area contributed by atoms with Gasteiger partial charge in [0.2, 0.25) is 0 Å². The van der Waals surface area contributed by atoms with Gasteiger partial charge in [-0.3, -0.25) is 9.78 Å². The number of hydrogen-bond donors (Lipinski definition) is 2. The van der Waals surface area contributed by atoms with Gasteiger partial charge in [0.15, 0.2) is 18.0 Å². The number of pyridine rings is 1. The molecule has 6 heteroatoms. The minimum Gasteiger partial charge on any atom is -0.493 e. The number of nitrogens with one attached hydrogen (secondary N) is 2. The number of benzene rings is 1. The first-order valence-electron chi connectivity index (χ1n) is 11.4. The molecular weight excluding hydrogens is 390 g/mol. The van der Waals surface area contributed by atoms with E-state index in [1.54, 1.807) is 14.2 Å². The molecule has 1 unspecified atom stereocenters. The fourth-order valence-corrected chi connectivity index (χ4v) is 4.84. The lowest BCUT2D eigenvalue weighted by Crippen LogP contribution is -3.10. The predicted molar refractivity (Wildman–Crippen MR) is 121 cm³/mol. The molecule has 31 heavy (non-hydrogen) atoms. The van der Waals surface area contributed by atoms with Crippen molar-refractivity contribution in [2.24, 2.45) is 0 Å². The molecule has 1 aromatic heterocycles. The Balaban J connectivity index is 1.38. The van der Waals surface area contributed by atoms with Crippen molar-refractivity contribution in [3.05, 3.63) is 46.3 Å². The minimum atomic E-state index is 0.0953. The average Bonchev–Trinajstić information content (AvgIpc) is 3.25. The van der Waals surface area contributed by atoms with E-state index in [4.69, 9.17) is 14.5 Å². The van der Waals surface area contributed by atoms with Crippen molar-refractivity contribution in [3.8, 4) is 11.5 Å². The second-order valence-electron chi connectivity index (χ2n) is 8.77. The van der Waals surface area contributed by atoms with Gasteiger partial charge in [0.25, 0.3) is 5.91 Å². The molecule has 2 N–H and O–H groups in total. The highest BCUT2D eigenvalue weighted by molar-refractivity contribution is 5.93. The van der Waals surface area contributed by atoms with Gasteiger partial charge in [-0.25, -0.2) is 0 Å². The van der Waals surface area contributed by atoms with Gasteiger partial charge >= 0.3 is 0 Å². The van der Waals surface area contributed by atoms with E-state index in [2.05, 4.69) is 18.4 Å². The summed E-state index contributed by atoms with van der Waals surface area (Å²) < 4.78 is 10.7. The lowest BCUT2D eigenvalue weighted by atomic mass is 9.92. The number of rotatable bonds is 8. The molecule has 166 valence electrons. The van der Waals surface area contributed by atoms with Gasteiger partial charge < -0.3 is 19.7 Å². The molecule has 6 nitrogen and oxygen atoms in total. The Bertz CT molecular complexity index is 958. The molecule has 0 aliphatic heterocycles. The second kappa shape index (κ2) is 9.69. The van der Waals surface area contributed by atoms with Crippen molar-refractivity contribution in [1.29, 1.82) is 0 Å². The van der Waals surface area contributed by atoms with Gasteiger partial charge in [-0.15, -0.1) is 0 Å². The van der Waals surface area contributed by atoms with Crippen LogP contribution in [0, 0.1) is 0 Å². The highest BCUT2D eigenvalue weighted by atomic mass is 16.5. The van der Waals surface area contributed by atoms with Gasteiger partial charge in [0.05, 0.1) is 33.5 Å². The van der Waals surface area contributed by atoms with Crippen LogP contribution in [0.25, 0.3) is 0 Å². The Hall–Kier alpha value is -2.60. The zero-order valence-electron chi connectivity index (χ0n) is 19.0. The number of methoxy groups -OCH3 is 2. The number of carbonyl (C=O) groups is 1. The van der Waals surface area contributed by atoms with Crippen LogP contribution in [0.2, 0.25) is 0 Å². The number of likely N-dealkylation sites (N-methyl/N-ethyl adjacent to an activating group) is 1. The fraction of sp³-hybridized carbons (Fsp3) is 0.520. The van der Waals surface area contributed by atoms with Gasteiger partial charge in [0, 0.05) is 17.8 Å². The highest BCUT2D eigenvalue weighted by Crippen LogP contribution is 2.35. The number of carbonyl (C=O) groups excluding carboxylic acids is 1. The molecule has 0 spiro atoms. The Morgan fingerprint density at radius 1 is 1.00 bits per heavy atom. The van der Waals surface area contributed by atoms with E-state index in [1.165, 1.54) is 45.8 Å². The van der Waals surface area contributed by atoms with Gasteiger partial charge in [-0.1, -0.05) is 6.07 Å². The predicted octanol–water partition coefficient (Wildman–Crippen LogP) is 2.16. The number of aryl methyl sites for hydroxylation is 2. The van der Waals surface area contributed by atoms with E-state index in [0.717, 1.165) is 62.3 Å². The van der Waals surface area contributed by atoms with E-state index in [9.17, 15) is 4.79 Å². The van der Waals surface area contributed by atoms with Crippen molar-refractivity contribution >= 4 is 11.6 Å². The standard InChI is InChI=1S/C25H33N3O3/c1-28(14-13-17-11-12-22(30-2)23(15-17)31-3)16-24(29)27-25-18-7-4-5-9-20(18)26-21-10-6-8-19(21)25/h11-12,15H,4-10,13-14,16H2,1-3H3,(H,26,27,29)/p+1. The molecule has 1 amide bonds. The summed E-state index contributed by atoms with van der Waals surface area (Å²) in [6, 6.07) is 6.00. The summed E-state index contributed by atoms with van der Waals surface area (Å²) >= 11 is 0. The second-order valence-corrected chi connectivity index (χ2v) is 8.77. The maximum atomic E-state index is 12.9. The van der Waals surface area contributed by atoms with Crippen LogP contribution in [-0.4, -0.2) is 45.2 Å². The maximum absolute atomic E-state index is 12.9. The monoisotopic (exact) mass is 424 g/mol. The molecule has 0 radical (unpaired) electrons. The number of aromatic nitrogens is 1.